The van der Waals surface area contributed by atoms with Gasteiger partial charge in [0.1, 0.15) is 0 Å². The Morgan fingerprint density at radius 2 is 1.67 bits per heavy atom. The van der Waals surface area contributed by atoms with Gasteiger partial charge in [-0.2, -0.15) is 0 Å². The molecule has 0 saturated carbocycles. The number of hydrogen-bond donors (Lipinski definition) is 3. The number of aliphatic hydroxyl groups excluding tert-OH is 3. The fraction of sp³-hybridized carbons (Fsp3) is 0.833. The van der Waals surface area contributed by atoms with Crippen LogP contribution >= 0.6 is 0 Å². The van der Waals surface area contributed by atoms with Crippen LogP contribution in [0.5, 0.6) is 0 Å². The highest BCUT2D eigenvalue weighted by atomic mass is 16.3. The highest BCUT2D eigenvalue weighted by Gasteiger charge is 2.01. The van der Waals surface area contributed by atoms with Crippen LogP contribution in [-0.4, -0.2) is 28.5 Å². The van der Waals surface area contributed by atoms with Crippen molar-refractivity contribution in [2.45, 2.75) is 19.3 Å². The van der Waals surface area contributed by atoms with Gasteiger partial charge < -0.3 is 15.3 Å². The predicted octanol–water partition coefficient (Wildman–Crippen LogP) is 0.0458. The number of rotatable bonds is 5. The van der Waals surface area contributed by atoms with Crippen molar-refractivity contribution in [1.82, 2.24) is 0 Å². The Morgan fingerprint density at radius 3 is 2.11 bits per heavy atom. The Labute approximate surface area is 54.9 Å². The minimum atomic E-state index is -0.0166. The molecule has 0 aliphatic heterocycles. The zero-order valence-corrected chi connectivity index (χ0v) is 5.38. The molecular formula is C6H13O3. The summed E-state index contributed by atoms with van der Waals surface area (Å²) in [6.07, 6.45) is 1.68. The average Bonchev–Trinajstić information content (AvgIpc) is 1.85. The highest BCUT2D eigenvalue weighted by molar-refractivity contribution is 4.73. The van der Waals surface area contributed by atoms with Crippen molar-refractivity contribution < 1.29 is 15.3 Å². The van der Waals surface area contributed by atoms with Gasteiger partial charge in [-0.05, 0) is 12.8 Å². The SMILES string of the molecule is OCCC[C](O)CCO. The van der Waals surface area contributed by atoms with Crippen molar-refractivity contribution in [2.75, 3.05) is 13.2 Å². The molecule has 3 heteroatoms. The third-order valence-corrected chi connectivity index (χ3v) is 1.02. The maximum absolute atomic E-state index is 8.83. The van der Waals surface area contributed by atoms with E-state index in [4.69, 9.17) is 15.3 Å². The van der Waals surface area contributed by atoms with E-state index in [0.717, 1.165) is 0 Å². The van der Waals surface area contributed by atoms with Crippen LogP contribution in [0.25, 0.3) is 0 Å². The van der Waals surface area contributed by atoms with Gasteiger partial charge in [-0.25, -0.2) is 0 Å². The van der Waals surface area contributed by atoms with E-state index in [0.29, 0.717) is 19.3 Å². The van der Waals surface area contributed by atoms with E-state index in [1.54, 1.807) is 0 Å². The Kier molecular flexibility index (Phi) is 5.93. The molecule has 0 rings (SSSR count). The Hall–Kier alpha value is -0.120. The topological polar surface area (TPSA) is 60.7 Å². The normalized spacial score (nSPS) is 10.7. The molecule has 0 aliphatic carbocycles. The fourth-order valence-electron chi connectivity index (χ4n) is 0.537. The van der Waals surface area contributed by atoms with Gasteiger partial charge in [-0.3, -0.25) is 0 Å². The van der Waals surface area contributed by atoms with Crippen LogP contribution in [0.15, 0.2) is 0 Å². The molecule has 0 unspecified atom stereocenters. The van der Waals surface area contributed by atoms with Gasteiger partial charge in [0.2, 0.25) is 0 Å². The van der Waals surface area contributed by atoms with Crippen molar-refractivity contribution >= 4 is 0 Å². The molecule has 55 valence electrons. The Balaban J connectivity index is 2.95. The molecule has 0 heterocycles. The lowest BCUT2D eigenvalue weighted by Crippen LogP contribution is -1.99. The monoisotopic (exact) mass is 133 g/mol. The molecule has 3 N–H and O–H groups in total. The van der Waals surface area contributed by atoms with Gasteiger partial charge in [-0.15, -0.1) is 0 Å². The largest absolute Gasteiger partial charge is 0.396 e. The van der Waals surface area contributed by atoms with Gasteiger partial charge in [0.05, 0.1) is 6.10 Å². The maximum atomic E-state index is 8.83. The lowest BCUT2D eigenvalue weighted by Gasteiger charge is -2.04. The summed E-state index contributed by atoms with van der Waals surface area (Å²) < 4.78 is 0. The van der Waals surface area contributed by atoms with E-state index < -0.39 is 0 Å². The average molecular weight is 133 g/mol. The first kappa shape index (κ1) is 8.88. The van der Waals surface area contributed by atoms with Crippen molar-refractivity contribution in [2.24, 2.45) is 0 Å². The molecule has 0 atom stereocenters. The summed E-state index contributed by atoms with van der Waals surface area (Å²) in [6, 6.07) is 0. The second-order valence-corrected chi connectivity index (χ2v) is 1.87. The van der Waals surface area contributed by atoms with Crippen LogP contribution in [0.1, 0.15) is 19.3 Å². The summed E-state index contributed by atoms with van der Waals surface area (Å²) in [6.45, 7) is 0.0761. The van der Waals surface area contributed by atoms with Gasteiger partial charge in [0.15, 0.2) is 0 Å². The van der Waals surface area contributed by atoms with Crippen molar-refractivity contribution in [3.63, 3.8) is 0 Å². The summed E-state index contributed by atoms with van der Waals surface area (Å²) in [4.78, 5) is 0. The van der Waals surface area contributed by atoms with E-state index in [1.165, 1.54) is 0 Å². The maximum Gasteiger partial charge on any atom is 0.0956 e. The zero-order valence-electron chi connectivity index (χ0n) is 5.38. The lowest BCUT2D eigenvalue weighted by atomic mass is 10.1. The molecule has 0 fully saturated rings. The summed E-state index contributed by atoms with van der Waals surface area (Å²) >= 11 is 0. The van der Waals surface area contributed by atoms with Crippen LogP contribution in [0.4, 0.5) is 0 Å². The Bertz CT molecular complexity index is 56.3. The first-order chi connectivity index (χ1) is 4.31. The van der Waals surface area contributed by atoms with Gasteiger partial charge in [-0.1, -0.05) is 0 Å². The molecule has 0 aromatic heterocycles. The second-order valence-electron chi connectivity index (χ2n) is 1.87. The van der Waals surface area contributed by atoms with E-state index in [-0.39, 0.29) is 19.3 Å². The third-order valence-electron chi connectivity index (χ3n) is 1.02. The molecule has 0 aromatic rings. The summed E-state index contributed by atoms with van der Waals surface area (Å²) in [5.74, 6) is 0. The van der Waals surface area contributed by atoms with E-state index in [1.807, 2.05) is 0 Å². The van der Waals surface area contributed by atoms with Crippen molar-refractivity contribution in [3.8, 4) is 0 Å². The Morgan fingerprint density at radius 1 is 1.00 bits per heavy atom. The van der Waals surface area contributed by atoms with Crippen LogP contribution in [0.2, 0.25) is 0 Å². The minimum Gasteiger partial charge on any atom is -0.396 e. The molecule has 1 radical (unpaired) electrons. The van der Waals surface area contributed by atoms with E-state index in [2.05, 4.69) is 0 Å². The molecule has 0 bridgehead atoms. The molecule has 0 saturated heterocycles. The molecular weight excluding hydrogens is 120 g/mol. The number of aliphatic hydroxyl groups is 3. The first-order valence-electron chi connectivity index (χ1n) is 3.06. The van der Waals surface area contributed by atoms with Crippen LogP contribution in [0, 0.1) is 6.10 Å². The third kappa shape index (κ3) is 5.76. The van der Waals surface area contributed by atoms with Crippen LogP contribution < -0.4 is 0 Å². The first-order valence-corrected chi connectivity index (χ1v) is 3.06. The van der Waals surface area contributed by atoms with Gasteiger partial charge >= 0.3 is 0 Å². The molecule has 0 spiro atoms. The van der Waals surface area contributed by atoms with Gasteiger partial charge in [0, 0.05) is 19.6 Å². The smallest absolute Gasteiger partial charge is 0.0956 e. The molecule has 0 aliphatic rings. The van der Waals surface area contributed by atoms with Crippen LogP contribution in [-0.2, 0) is 0 Å². The summed E-state index contributed by atoms with van der Waals surface area (Å²) in [7, 11) is 0. The molecule has 0 amide bonds. The van der Waals surface area contributed by atoms with Crippen LogP contribution in [0.3, 0.4) is 0 Å². The number of hydrogen-bond acceptors (Lipinski definition) is 3. The van der Waals surface area contributed by atoms with Crippen molar-refractivity contribution in [1.29, 1.82) is 0 Å². The summed E-state index contributed by atoms with van der Waals surface area (Å²) in [5, 5.41) is 25.4. The molecule has 0 aromatic carbocycles. The van der Waals surface area contributed by atoms with Crippen molar-refractivity contribution in [3.05, 3.63) is 6.10 Å². The standard InChI is InChI=1S/C6H13O3/c7-4-1-2-6(9)3-5-8/h7-9H,1-5H2. The van der Waals surface area contributed by atoms with Gasteiger partial charge in [0.25, 0.3) is 0 Å². The highest BCUT2D eigenvalue weighted by Crippen LogP contribution is 2.07. The van der Waals surface area contributed by atoms with E-state index >= 15 is 0 Å². The predicted molar refractivity (Wildman–Crippen MR) is 33.2 cm³/mol. The molecule has 3 nitrogen and oxygen atoms in total. The fourth-order valence-corrected chi connectivity index (χ4v) is 0.537. The lowest BCUT2D eigenvalue weighted by molar-refractivity contribution is 0.198. The molecule has 9 heavy (non-hydrogen) atoms. The quantitative estimate of drug-likeness (QED) is 0.496. The summed E-state index contributed by atoms with van der Waals surface area (Å²) in [5.41, 5.74) is 0. The zero-order chi connectivity index (χ0) is 7.11. The minimum absolute atomic E-state index is 0.0166. The van der Waals surface area contributed by atoms with E-state index in [9.17, 15) is 0 Å². The second kappa shape index (κ2) is 6.01.